The molecule has 97 heavy (non-hydrogen) atoms. The molecule has 0 radical (unpaired) electrons. The van der Waals surface area contributed by atoms with Crippen molar-refractivity contribution in [1.29, 1.82) is 0 Å². The van der Waals surface area contributed by atoms with Gasteiger partial charge in [-0.3, -0.25) is 9.59 Å². The van der Waals surface area contributed by atoms with Gasteiger partial charge in [0, 0.05) is 12.8 Å². The third-order valence-corrected chi connectivity index (χ3v) is 21.5. The van der Waals surface area contributed by atoms with E-state index in [4.69, 9.17) is 4.74 Å². The SMILES string of the molecule is CCCCCCCCCCCCCCCCCCCCCC/C=C/C(O)C(CO)NC(=O)CCCCCCCCCCCCCCCCCCC/C=C\CCCCCCCCCCCCCCCCCCCCOC(=O)CCCCCCCCCCCCCCCCCCCCC. The minimum atomic E-state index is -0.843. The van der Waals surface area contributed by atoms with Crippen molar-refractivity contribution in [2.24, 2.45) is 0 Å². The maximum atomic E-state index is 12.6. The van der Waals surface area contributed by atoms with Crippen molar-refractivity contribution in [3.63, 3.8) is 0 Å². The van der Waals surface area contributed by atoms with Crippen LogP contribution in [0, 0.1) is 0 Å². The molecule has 0 aliphatic rings. The van der Waals surface area contributed by atoms with Crippen LogP contribution in [0.25, 0.3) is 0 Å². The molecule has 1 amide bonds. The summed E-state index contributed by atoms with van der Waals surface area (Å²) in [7, 11) is 0. The number of hydrogen-bond acceptors (Lipinski definition) is 5. The lowest BCUT2D eigenvalue weighted by Gasteiger charge is -2.20. The Bertz CT molecular complexity index is 1530. The van der Waals surface area contributed by atoms with E-state index < -0.39 is 12.1 Å². The molecule has 6 heteroatoms. The van der Waals surface area contributed by atoms with Gasteiger partial charge in [-0.15, -0.1) is 0 Å². The fourth-order valence-electron chi connectivity index (χ4n) is 14.6. The van der Waals surface area contributed by atoms with E-state index in [-0.39, 0.29) is 18.5 Å². The van der Waals surface area contributed by atoms with Crippen molar-refractivity contribution >= 4 is 11.9 Å². The number of nitrogens with one attached hydrogen (secondary N) is 1. The first-order valence-electron chi connectivity index (χ1n) is 45.1. The Balaban J connectivity index is 3.33. The van der Waals surface area contributed by atoms with Gasteiger partial charge in [0.15, 0.2) is 0 Å². The van der Waals surface area contributed by atoms with Crippen LogP contribution in [0.1, 0.15) is 521 Å². The van der Waals surface area contributed by atoms with Crippen LogP contribution in [0.2, 0.25) is 0 Å². The number of esters is 1. The third kappa shape index (κ3) is 83.2. The predicted octanol–water partition coefficient (Wildman–Crippen LogP) is 30.3. The molecule has 0 bridgehead atoms. The Morgan fingerprint density at radius 1 is 0.278 bits per heavy atom. The number of allylic oxidation sites excluding steroid dienone is 3. The van der Waals surface area contributed by atoms with Crippen LogP contribution in [-0.4, -0.2) is 47.4 Å². The van der Waals surface area contributed by atoms with E-state index >= 15 is 0 Å². The number of hydrogen-bond donors (Lipinski definition) is 3. The second-order valence-electron chi connectivity index (χ2n) is 31.3. The Morgan fingerprint density at radius 3 is 0.732 bits per heavy atom. The van der Waals surface area contributed by atoms with Gasteiger partial charge in [0.1, 0.15) is 0 Å². The number of unbranched alkanes of at least 4 members (excludes halogenated alkanes) is 73. The van der Waals surface area contributed by atoms with Gasteiger partial charge >= 0.3 is 5.97 Å². The molecule has 6 nitrogen and oxygen atoms in total. The number of carbonyl (C=O) groups excluding carboxylic acids is 2. The van der Waals surface area contributed by atoms with E-state index in [0.717, 1.165) is 38.5 Å². The van der Waals surface area contributed by atoms with Crippen LogP contribution in [0.15, 0.2) is 24.3 Å². The standard InChI is InChI=1S/C91H177NO5/c1-3-5-7-9-11-13-15-17-19-21-23-24-44-48-51-55-59-63-67-71-75-79-83-89(94)88(87-93)92-90(95)84-80-76-72-68-64-60-56-52-49-45-42-40-38-36-34-32-30-28-26-25-27-29-31-33-35-37-39-41-43-46-50-54-58-62-66-70-74-78-82-86-97-91(96)85-81-77-73-69-65-61-57-53-47-22-20-18-16-14-12-10-8-6-4-2/h25-26,79,83,88-89,93-94H,3-24,27-78,80-82,84-87H2,1-2H3,(H,92,95)/b26-25-,83-79+. The lowest BCUT2D eigenvalue weighted by Crippen LogP contribution is -2.45. The first kappa shape index (κ1) is 95.3. The van der Waals surface area contributed by atoms with E-state index in [1.165, 1.54) is 456 Å². The lowest BCUT2D eigenvalue weighted by molar-refractivity contribution is -0.143. The first-order valence-corrected chi connectivity index (χ1v) is 45.1. The number of carbonyl (C=O) groups is 2. The average Bonchev–Trinajstić information content (AvgIpc) is 3.42. The summed E-state index contributed by atoms with van der Waals surface area (Å²) in [4.78, 5) is 24.7. The van der Waals surface area contributed by atoms with Crippen molar-refractivity contribution < 1.29 is 24.5 Å². The number of aliphatic hydroxyl groups excluding tert-OH is 2. The van der Waals surface area contributed by atoms with E-state index in [2.05, 4.69) is 31.3 Å². The van der Waals surface area contributed by atoms with Crippen molar-refractivity contribution in [1.82, 2.24) is 5.32 Å². The molecule has 0 heterocycles. The maximum absolute atomic E-state index is 12.6. The molecule has 3 N–H and O–H groups in total. The molecular formula is C91H177NO5. The Hall–Kier alpha value is -1.66. The molecule has 0 aliphatic heterocycles. The molecule has 0 saturated carbocycles. The fraction of sp³-hybridized carbons (Fsp3) is 0.934. The van der Waals surface area contributed by atoms with Crippen LogP contribution in [-0.2, 0) is 14.3 Å². The molecule has 2 atom stereocenters. The van der Waals surface area contributed by atoms with E-state index in [9.17, 15) is 19.8 Å². The molecule has 2 unspecified atom stereocenters. The highest BCUT2D eigenvalue weighted by atomic mass is 16.5. The molecule has 0 aromatic heterocycles. The summed E-state index contributed by atoms with van der Waals surface area (Å²) in [6.45, 7) is 4.98. The summed E-state index contributed by atoms with van der Waals surface area (Å²) in [5.74, 6) is -0.0296. The molecule has 0 aliphatic carbocycles. The van der Waals surface area contributed by atoms with Crippen LogP contribution < -0.4 is 5.32 Å². The van der Waals surface area contributed by atoms with Gasteiger partial charge in [0.2, 0.25) is 5.91 Å². The smallest absolute Gasteiger partial charge is 0.305 e. The molecular weight excluding hydrogens is 1190 g/mol. The second-order valence-corrected chi connectivity index (χ2v) is 31.3. The molecule has 0 aromatic rings. The van der Waals surface area contributed by atoms with Gasteiger partial charge in [-0.2, -0.15) is 0 Å². The summed E-state index contributed by atoms with van der Waals surface area (Å²) in [5, 5.41) is 23.3. The molecule has 0 rings (SSSR count). The van der Waals surface area contributed by atoms with Gasteiger partial charge in [-0.1, -0.05) is 475 Å². The van der Waals surface area contributed by atoms with Crippen LogP contribution in [0.4, 0.5) is 0 Å². The zero-order chi connectivity index (χ0) is 69.8. The predicted molar refractivity (Wildman–Crippen MR) is 430 cm³/mol. The number of ether oxygens (including phenoxy) is 1. The molecule has 0 spiro atoms. The van der Waals surface area contributed by atoms with Crippen molar-refractivity contribution in [2.45, 2.75) is 533 Å². The number of aliphatic hydroxyl groups is 2. The summed E-state index contributed by atoms with van der Waals surface area (Å²) >= 11 is 0. The third-order valence-electron chi connectivity index (χ3n) is 21.5. The highest BCUT2D eigenvalue weighted by molar-refractivity contribution is 5.76. The van der Waals surface area contributed by atoms with Gasteiger partial charge in [0.05, 0.1) is 25.4 Å². The monoisotopic (exact) mass is 1360 g/mol. The Labute approximate surface area is 609 Å². The highest BCUT2D eigenvalue weighted by Crippen LogP contribution is 2.21. The highest BCUT2D eigenvalue weighted by Gasteiger charge is 2.18. The van der Waals surface area contributed by atoms with Crippen LogP contribution in [0.5, 0.6) is 0 Å². The topological polar surface area (TPSA) is 95.9 Å². The fourth-order valence-corrected chi connectivity index (χ4v) is 14.6. The Morgan fingerprint density at radius 2 is 0.485 bits per heavy atom. The zero-order valence-electron chi connectivity index (χ0n) is 66.4. The maximum Gasteiger partial charge on any atom is 0.305 e. The lowest BCUT2D eigenvalue weighted by atomic mass is 10.0. The van der Waals surface area contributed by atoms with E-state index in [0.29, 0.717) is 19.4 Å². The van der Waals surface area contributed by atoms with Gasteiger partial charge in [0.25, 0.3) is 0 Å². The average molecular weight is 1370 g/mol. The van der Waals surface area contributed by atoms with Crippen molar-refractivity contribution in [3.8, 4) is 0 Å². The normalized spacial score (nSPS) is 12.5. The first-order chi connectivity index (χ1) is 48.0. The van der Waals surface area contributed by atoms with Crippen molar-refractivity contribution in [2.75, 3.05) is 13.2 Å². The summed E-state index contributed by atoms with van der Waals surface area (Å²) in [6.07, 6.45) is 114. The molecule has 576 valence electrons. The summed E-state index contributed by atoms with van der Waals surface area (Å²) in [5.41, 5.74) is 0. The molecule has 0 fully saturated rings. The zero-order valence-corrected chi connectivity index (χ0v) is 66.4. The Kier molecular flexibility index (Phi) is 85.3. The van der Waals surface area contributed by atoms with E-state index in [1.807, 2.05) is 6.08 Å². The van der Waals surface area contributed by atoms with Crippen LogP contribution in [0.3, 0.4) is 0 Å². The minimum Gasteiger partial charge on any atom is -0.466 e. The largest absolute Gasteiger partial charge is 0.466 e. The molecule has 0 aromatic carbocycles. The van der Waals surface area contributed by atoms with Gasteiger partial charge in [-0.25, -0.2) is 0 Å². The van der Waals surface area contributed by atoms with Gasteiger partial charge in [-0.05, 0) is 57.8 Å². The second kappa shape index (κ2) is 86.7. The summed E-state index contributed by atoms with van der Waals surface area (Å²) < 4.78 is 5.53. The van der Waals surface area contributed by atoms with Crippen LogP contribution >= 0.6 is 0 Å². The van der Waals surface area contributed by atoms with Crippen molar-refractivity contribution in [3.05, 3.63) is 24.3 Å². The van der Waals surface area contributed by atoms with E-state index in [1.54, 1.807) is 6.08 Å². The molecule has 0 saturated heterocycles. The quantitative estimate of drug-likeness (QED) is 0.0320. The summed E-state index contributed by atoms with van der Waals surface area (Å²) in [6, 6.07) is -0.626. The number of rotatable bonds is 86. The van der Waals surface area contributed by atoms with Gasteiger partial charge < -0.3 is 20.3 Å². The minimum absolute atomic E-state index is 0.0285. The number of amides is 1.